The molecule has 1 amide bonds. The molecule has 4 nitrogen and oxygen atoms in total. The van der Waals surface area contributed by atoms with E-state index in [4.69, 9.17) is 4.52 Å². The van der Waals surface area contributed by atoms with Crippen molar-refractivity contribution in [1.82, 2.24) is 10.1 Å². The van der Waals surface area contributed by atoms with E-state index in [1.165, 1.54) is 12.8 Å². The number of carbonyl (C=O) groups excluding carboxylic acids is 1. The average molecular weight is 236 g/mol. The summed E-state index contributed by atoms with van der Waals surface area (Å²) in [7, 11) is 0. The molecule has 4 heteroatoms. The molecule has 0 radical (unpaired) electrons. The van der Waals surface area contributed by atoms with Gasteiger partial charge in [-0.3, -0.25) is 4.79 Å². The van der Waals surface area contributed by atoms with Crippen LogP contribution in [0.15, 0.2) is 4.52 Å². The van der Waals surface area contributed by atoms with E-state index in [2.05, 4.69) is 12.1 Å². The molecule has 17 heavy (non-hydrogen) atoms. The molecular weight excluding hydrogens is 216 g/mol. The number of aryl methyl sites for hydroxylation is 2. The van der Waals surface area contributed by atoms with E-state index in [-0.39, 0.29) is 5.91 Å². The Morgan fingerprint density at radius 1 is 1.47 bits per heavy atom. The minimum atomic E-state index is 0.0787. The maximum absolute atomic E-state index is 12.4. The van der Waals surface area contributed by atoms with Crippen LogP contribution in [-0.4, -0.2) is 29.1 Å². The van der Waals surface area contributed by atoms with Crippen LogP contribution in [0.1, 0.15) is 48.0 Å². The van der Waals surface area contributed by atoms with Crippen molar-refractivity contribution in [2.24, 2.45) is 5.92 Å². The first-order valence-electron chi connectivity index (χ1n) is 6.35. The third-order valence-electron chi connectivity index (χ3n) is 3.20. The first kappa shape index (κ1) is 12.1. The number of nitrogens with zero attached hydrogens (tertiary/aromatic N) is 2. The SMILES string of the molecule is CCCN(CC1CC1)C(=O)c1c(C)noc1C. The lowest BCUT2D eigenvalue weighted by molar-refractivity contribution is 0.0745. The first-order valence-corrected chi connectivity index (χ1v) is 6.35. The molecule has 1 saturated carbocycles. The van der Waals surface area contributed by atoms with Gasteiger partial charge in [-0.15, -0.1) is 0 Å². The van der Waals surface area contributed by atoms with Crippen LogP contribution in [0.2, 0.25) is 0 Å². The fourth-order valence-electron chi connectivity index (χ4n) is 2.10. The summed E-state index contributed by atoms with van der Waals surface area (Å²) in [6.45, 7) is 7.43. The van der Waals surface area contributed by atoms with E-state index in [0.29, 0.717) is 22.9 Å². The molecule has 2 rings (SSSR count). The van der Waals surface area contributed by atoms with Crippen molar-refractivity contribution < 1.29 is 9.32 Å². The zero-order valence-corrected chi connectivity index (χ0v) is 10.8. The third kappa shape index (κ3) is 2.68. The minimum Gasteiger partial charge on any atom is -0.361 e. The second-order valence-corrected chi connectivity index (χ2v) is 4.89. The van der Waals surface area contributed by atoms with Crippen molar-refractivity contribution in [3.05, 3.63) is 17.0 Å². The van der Waals surface area contributed by atoms with Gasteiger partial charge in [0.1, 0.15) is 11.3 Å². The summed E-state index contributed by atoms with van der Waals surface area (Å²) in [4.78, 5) is 14.4. The molecule has 0 aromatic carbocycles. The molecule has 0 atom stereocenters. The van der Waals surface area contributed by atoms with Crippen molar-refractivity contribution in [2.45, 2.75) is 40.0 Å². The Morgan fingerprint density at radius 2 is 2.18 bits per heavy atom. The van der Waals surface area contributed by atoms with Gasteiger partial charge < -0.3 is 9.42 Å². The molecule has 94 valence electrons. The van der Waals surface area contributed by atoms with Crippen molar-refractivity contribution in [3.8, 4) is 0 Å². The highest BCUT2D eigenvalue weighted by Gasteiger charge is 2.29. The lowest BCUT2D eigenvalue weighted by atomic mass is 10.1. The van der Waals surface area contributed by atoms with Gasteiger partial charge in [0.05, 0.1) is 5.69 Å². The monoisotopic (exact) mass is 236 g/mol. The highest BCUT2D eigenvalue weighted by Crippen LogP contribution is 2.30. The highest BCUT2D eigenvalue weighted by atomic mass is 16.5. The Morgan fingerprint density at radius 3 is 2.65 bits per heavy atom. The Hall–Kier alpha value is -1.32. The second-order valence-electron chi connectivity index (χ2n) is 4.89. The van der Waals surface area contributed by atoms with E-state index >= 15 is 0 Å². The molecule has 1 aliphatic rings. The quantitative estimate of drug-likeness (QED) is 0.789. The fourth-order valence-corrected chi connectivity index (χ4v) is 2.10. The van der Waals surface area contributed by atoms with E-state index < -0.39 is 0 Å². The largest absolute Gasteiger partial charge is 0.361 e. The van der Waals surface area contributed by atoms with Crippen LogP contribution in [0.25, 0.3) is 0 Å². The van der Waals surface area contributed by atoms with Crippen LogP contribution >= 0.6 is 0 Å². The first-order chi connectivity index (χ1) is 8.13. The molecule has 0 aliphatic heterocycles. The summed E-state index contributed by atoms with van der Waals surface area (Å²) >= 11 is 0. The maximum Gasteiger partial charge on any atom is 0.259 e. The molecule has 0 N–H and O–H groups in total. The zero-order valence-electron chi connectivity index (χ0n) is 10.8. The summed E-state index contributed by atoms with van der Waals surface area (Å²) in [5.41, 5.74) is 1.35. The lowest BCUT2D eigenvalue weighted by Gasteiger charge is -2.21. The van der Waals surface area contributed by atoms with Crippen LogP contribution in [0, 0.1) is 19.8 Å². The topological polar surface area (TPSA) is 46.3 Å². The molecule has 1 aromatic rings. The molecule has 1 aliphatic carbocycles. The predicted molar refractivity (Wildman–Crippen MR) is 64.9 cm³/mol. The Labute approximate surface area is 102 Å². The van der Waals surface area contributed by atoms with Gasteiger partial charge >= 0.3 is 0 Å². The molecule has 0 spiro atoms. The van der Waals surface area contributed by atoms with Crippen LogP contribution < -0.4 is 0 Å². The average Bonchev–Trinajstić information content (AvgIpc) is 3.04. The highest BCUT2D eigenvalue weighted by molar-refractivity contribution is 5.96. The van der Waals surface area contributed by atoms with Crippen molar-refractivity contribution in [3.63, 3.8) is 0 Å². The predicted octanol–water partition coefficient (Wildman–Crippen LogP) is 2.55. The third-order valence-corrected chi connectivity index (χ3v) is 3.20. The summed E-state index contributed by atoms with van der Waals surface area (Å²) in [6.07, 6.45) is 3.51. The van der Waals surface area contributed by atoms with Gasteiger partial charge in [-0.25, -0.2) is 0 Å². The summed E-state index contributed by atoms with van der Waals surface area (Å²) in [6, 6.07) is 0. The van der Waals surface area contributed by atoms with E-state index in [1.54, 1.807) is 6.92 Å². The number of aromatic nitrogens is 1. The van der Waals surface area contributed by atoms with Crippen LogP contribution in [0.4, 0.5) is 0 Å². The smallest absolute Gasteiger partial charge is 0.259 e. The Kier molecular flexibility index (Phi) is 3.50. The van der Waals surface area contributed by atoms with E-state index in [9.17, 15) is 4.79 Å². The summed E-state index contributed by atoms with van der Waals surface area (Å²) in [5.74, 6) is 1.42. The maximum atomic E-state index is 12.4. The number of rotatable bonds is 5. The van der Waals surface area contributed by atoms with Crippen molar-refractivity contribution in [2.75, 3.05) is 13.1 Å². The number of amides is 1. The van der Waals surface area contributed by atoms with Gasteiger partial charge in [-0.1, -0.05) is 12.1 Å². The number of hydrogen-bond acceptors (Lipinski definition) is 3. The van der Waals surface area contributed by atoms with Gasteiger partial charge in [0.25, 0.3) is 5.91 Å². The zero-order chi connectivity index (χ0) is 12.4. The van der Waals surface area contributed by atoms with Crippen LogP contribution in [-0.2, 0) is 0 Å². The Bertz CT molecular complexity index is 388. The standard InChI is InChI=1S/C13H20N2O2/c1-4-7-15(8-11-5-6-11)13(16)12-9(2)14-17-10(12)3/h11H,4-8H2,1-3H3. The molecule has 0 saturated heterocycles. The van der Waals surface area contributed by atoms with Gasteiger partial charge in [0.2, 0.25) is 0 Å². The van der Waals surface area contributed by atoms with Crippen LogP contribution in [0.5, 0.6) is 0 Å². The Balaban J connectivity index is 2.14. The fraction of sp³-hybridized carbons (Fsp3) is 0.692. The van der Waals surface area contributed by atoms with Crippen LogP contribution in [0.3, 0.4) is 0 Å². The molecule has 0 unspecified atom stereocenters. The minimum absolute atomic E-state index is 0.0787. The van der Waals surface area contributed by atoms with E-state index in [1.807, 2.05) is 11.8 Å². The number of carbonyl (C=O) groups is 1. The molecular formula is C13H20N2O2. The van der Waals surface area contributed by atoms with Gasteiger partial charge in [0.15, 0.2) is 0 Å². The van der Waals surface area contributed by atoms with Gasteiger partial charge in [-0.2, -0.15) is 0 Å². The summed E-state index contributed by atoms with van der Waals surface area (Å²) in [5, 5.41) is 3.85. The van der Waals surface area contributed by atoms with Crippen molar-refractivity contribution >= 4 is 5.91 Å². The molecule has 1 aromatic heterocycles. The lowest BCUT2D eigenvalue weighted by Crippen LogP contribution is -2.34. The molecule has 1 fully saturated rings. The normalized spacial score (nSPS) is 15.0. The second kappa shape index (κ2) is 4.90. The van der Waals surface area contributed by atoms with Gasteiger partial charge in [0, 0.05) is 13.1 Å². The number of hydrogen-bond donors (Lipinski definition) is 0. The van der Waals surface area contributed by atoms with Gasteiger partial charge in [-0.05, 0) is 39.0 Å². The molecule has 0 bridgehead atoms. The van der Waals surface area contributed by atoms with Crippen molar-refractivity contribution in [1.29, 1.82) is 0 Å². The summed E-state index contributed by atoms with van der Waals surface area (Å²) < 4.78 is 5.07. The van der Waals surface area contributed by atoms with E-state index in [0.717, 1.165) is 19.5 Å². The molecule has 1 heterocycles.